The summed E-state index contributed by atoms with van der Waals surface area (Å²) in [7, 11) is -0.793. The smallest absolute Gasteiger partial charge is 0.220 e. The molecule has 0 saturated carbocycles. The highest BCUT2D eigenvalue weighted by Gasteiger charge is 2.16. The third kappa shape index (κ3) is 6.17. The highest BCUT2D eigenvalue weighted by Crippen LogP contribution is 2.13. The van der Waals surface area contributed by atoms with Crippen LogP contribution < -0.4 is 10.6 Å². The molecule has 17 heavy (non-hydrogen) atoms. The lowest BCUT2D eigenvalue weighted by Crippen LogP contribution is -2.35. The monoisotopic (exact) mass is 260 g/mol. The highest BCUT2D eigenvalue weighted by atomic mass is 32.2. The Balaban J connectivity index is 2.10. The van der Waals surface area contributed by atoms with Crippen LogP contribution >= 0.6 is 0 Å². The number of hydrogen-bond donors (Lipinski definition) is 2. The Labute approximate surface area is 106 Å². The summed E-state index contributed by atoms with van der Waals surface area (Å²) in [5, 5.41) is 6.38. The summed E-state index contributed by atoms with van der Waals surface area (Å²) in [6, 6.07) is 0. The lowest BCUT2D eigenvalue weighted by molar-refractivity contribution is -0.122. The van der Waals surface area contributed by atoms with Gasteiger partial charge in [-0.3, -0.25) is 9.00 Å². The third-order valence-corrected chi connectivity index (χ3v) is 4.68. The lowest BCUT2D eigenvalue weighted by Gasteiger charge is -2.22. The van der Waals surface area contributed by atoms with Crippen molar-refractivity contribution >= 4 is 16.7 Å². The van der Waals surface area contributed by atoms with Crippen LogP contribution in [-0.2, 0) is 15.6 Å². The first-order valence-corrected chi connectivity index (χ1v) is 8.01. The fourth-order valence-electron chi connectivity index (χ4n) is 2.01. The zero-order valence-corrected chi connectivity index (χ0v) is 11.6. The van der Waals surface area contributed by atoms with E-state index in [1.807, 2.05) is 6.92 Å². The summed E-state index contributed by atoms with van der Waals surface area (Å²) in [5.41, 5.74) is 0. The molecule has 5 heteroatoms. The quantitative estimate of drug-likeness (QED) is 0.737. The molecule has 0 aromatic carbocycles. The van der Waals surface area contributed by atoms with Gasteiger partial charge in [0.15, 0.2) is 0 Å². The number of carbonyl (C=O) groups excluding carboxylic acids is 1. The highest BCUT2D eigenvalue weighted by molar-refractivity contribution is 7.84. The molecule has 3 unspecified atom stereocenters. The Morgan fingerprint density at radius 3 is 2.94 bits per heavy atom. The largest absolute Gasteiger partial charge is 0.356 e. The van der Waals surface area contributed by atoms with E-state index in [0.717, 1.165) is 25.9 Å². The predicted octanol–water partition coefficient (Wildman–Crippen LogP) is 0.649. The molecule has 1 fully saturated rings. The minimum atomic E-state index is -0.793. The maximum Gasteiger partial charge on any atom is 0.220 e. The van der Waals surface area contributed by atoms with Gasteiger partial charge < -0.3 is 10.6 Å². The molecule has 4 nitrogen and oxygen atoms in total. The molecule has 100 valence electrons. The van der Waals surface area contributed by atoms with Crippen molar-refractivity contribution in [2.75, 3.05) is 25.9 Å². The summed E-state index contributed by atoms with van der Waals surface area (Å²) >= 11 is 0. The number of rotatable bonds is 6. The van der Waals surface area contributed by atoms with E-state index in [0.29, 0.717) is 18.9 Å². The average molecular weight is 260 g/mol. The molecule has 0 aliphatic carbocycles. The van der Waals surface area contributed by atoms with Gasteiger partial charge in [-0.25, -0.2) is 0 Å². The van der Waals surface area contributed by atoms with Crippen molar-refractivity contribution in [3.05, 3.63) is 0 Å². The second-order valence-corrected chi connectivity index (χ2v) is 6.67. The maximum absolute atomic E-state index is 11.6. The van der Waals surface area contributed by atoms with Crippen molar-refractivity contribution in [2.24, 2.45) is 5.92 Å². The van der Waals surface area contributed by atoms with Gasteiger partial charge in [-0.05, 0) is 38.3 Å². The van der Waals surface area contributed by atoms with Gasteiger partial charge in [-0.2, -0.15) is 0 Å². The van der Waals surface area contributed by atoms with E-state index in [2.05, 4.69) is 10.6 Å². The molecule has 2 N–H and O–H groups in total. The van der Waals surface area contributed by atoms with Crippen LogP contribution in [0.1, 0.15) is 32.6 Å². The Morgan fingerprint density at radius 2 is 2.35 bits per heavy atom. The number of piperidine rings is 1. The van der Waals surface area contributed by atoms with Crippen LogP contribution in [0.5, 0.6) is 0 Å². The van der Waals surface area contributed by atoms with Gasteiger partial charge in [0.25, 0.3) is 0 Å². The minimum Gasteiger partial charge on any atom is -0.356 e. The topological polar surface area (TPSA) is 58.2 Å². The van der Waals surface area contributed by atoms with E-state index in [1.165, 1.54) is 6.42 Å². The summed E-state index contributed by atoms with van der Waals surface area (Å²) in [4.78, 5) is 11.6. The molecule has 0 radical (unpaired) electrons. The summed E-state index contributed by atoms with van der Waals surface area (Å²) in [6.45, 7) is 4.63. The average Bonchev–Trinajstić information content (AvgIpc) is 2.30. The molecular formula is C12H24N2O2S. The summed E-state index contributed by atoms with van der Waals surface area (Å²) in [5.74, 6) is 0.620. The van der Waals surface area contributed by atoms with Crippen LogP contribution in [-0.4, -0.2) is 41.3 Å². The van der Waals surface area contributed by atoms with Crippen LogP contribution in [0.2, 0.25) is 0 Å². The van der Waals surface area contributed by atoms with E-state index < -0.39 is 10.8 Å². The van der Waals surface area contributed by atoms with Crippen LogP contribution in [0.15, 0.2) is 0 Å². The van der Waals surface area contributed by atoms with Crippen molar-refractivity contribution < 1.29 is 9.00 Å². The van der Waals surface area contributed by atoms with Gasteiger partial charge >= 0.3 is 0 Å². The predicted molar refractivity (Wildman–Crippen MR) is 71.4 cm³/mol. The molecule has 1 saturated heterocycles. The fraction of sp³-hybridized carbons (Fsp3) is 0.917. The van der Waals surface area contributed by atoms with E-state index in [-0.39, 0.29) is 11.2 Å². The Morgan fingerprint density at radius 1 is 1.59 bits per heavy atom. The molecule has 0 bridgehead atoms. The van der Waals surface area contributed by atoms with E-state index in [1.54, 1.807) is 6.26 Å². The first kappa shape index (κ1) is 14.6. The third-order valence-electron chi connectivity index (χ3n) is 3.31. The zero-order valence-electron chi connectivity index (χ0n) is 10.8. The van der Waals surface area contributed by atoms with Gasteiger partial charge in [-0.1, -0.05) is 6.92 Å². The molecule has 0 spiro atoms. The van der Waals surface area contributed by atoms with Gasteiger partial charge in [0.2, 0.25) is 5.91 Å². The normalized spacial score (nSPS) is 24.0. The van der Waals surface area contributed by atoms with Crippen LogP contribution in [0.25, 0.3) is 0 Å². The zero-order chi connectivity index (χ0) is 12.7. The molecular weight excluding hydrogens is 236 g/mol. The van der Waals surface area contributed by atoms with E-state index in [4.69, 9.17) is 0 Å². The molecule has 1 heterocycles. The Hall–Kier alpha value is -0.420. The first-order valence-electron chi connectivity index (χ1n) is 6.39. The van der Waals surface area contributed by atoms with Gasteiger partial charge in [0, 0.05) is 35.3 Å². The number of hydrogen-bond acceptors (Lipinski definition) is 3. The molecule has 1 aliphatic rings. The van der Waals surface area contributed by atoms with Crippen LogP contribution in [0, 0.1) is 5.92 Å². The Kier molecular flexibility index (Phi) is 6.73. The molecule has 3 atom stereocenters. The van der Waals surface area contributed by atoms with E-state index in [9.17, 15) is 9.00 Å². The van der Waals surface area contributed by atoms with Crippen molar-refractivity contribution in [3.8, 4) is 0 Å². The second kappa shape index (κ2) is 7.82. The number of nitrogens with one attached hydrogen (secondary N) is 2. The molecule has 1 aliphatic heterocycles. The van der Waals surface area contributed by atoms with Gasteiger partial charge in [0.1, 0.15) is 0 Å². The van der Waals surface area contributed by atoms with Crippen molar-refractivity contribution in [3.63, 3.8) is 0 Å². The van der Waals surface area contributed by atoms with E-state index >= 15 is 0 Å². The van der Waals surface area contributed by atoms with Gasteiger partial charge in [-0.15, -0.1) is 0 Å². The number of carbonyl (C=O) groups is 1. The van der Waals surface area contributed by atoms with Crippen molar-refractivity contribution in [1.29, 1.82) is 0 Å². The lowest BCUT2D eigenvalue weighted by atomic mass is 9.96. The first-order chi connectivity index (χ1) is 8.09. The molecule has 0 aromatic heterocycles. The molecule has 1 rings (SSSR count). The van der Waals surface area contributed by atoms with Crippen molar-refractivity contribution in [1.82, 2.24) is 10.6 Å². The fourth-order valence-corrected chi connectivity index (χ4v) is 2.46. The second-order valence-electron chi connectivity index (χ2n) is 4.86. The Bertz CT molecular complexity index is 265. The van der Waals surface area contributed by atoms with Crippen molar-refractivity contribution in [2.45, 2.75) is 37.9 Å². The van der Waals surface area contributed by atoms with Crippen LogP contribution in [0.4, 0.5) is 0 Å². The summed E-state index contributed by atoms with van der Waals surface area (Å²) in [6.07, 6.45) is 5.44. The number of amides is 1. The molecule has 0 aromatic rings. The van der Waals surface area contributed by atoms with Crippen LogP contribution in [0.3, 0.4) is 0 Å². The standard InChI is InChI=1S/C12H24N2O2S/c1-10(17(2)16)5-7-14-12(15)8-11-4-3-6-13-9-11/h10-11,13H,3-9H2,1-2H3,(H,14,15). The SMILES string of the molecule is CC(CCNC(=O)CC1CCCNC1)S(C)=O. The maximum atomic E-state index is 11.6. The molecule has 1 amide bonds. The van der Waals surface area contributed by atoms with Gasteiger partial charge in [0.05, 0.1) is 0 Å². The minimum absolute atomic E-state index is 0.132. The summed E-state index contributed by atoms with van der Waals surface area (Å²) < 4.78 is 11.1.